The second-order valence-corrected chi connectivity index (χ2v) is 6.95. The maximum atomic E-state index is 12.4. The van der Waals surface area contributed by atoms with Gasteiger partial charge in [0.05, 0.1) is 8.45 Å². The van der Waals surface area contributed by atoms with Crippen molar-refractivity contribution in [3.8, 4) is 0 Å². The number of benzene rings is 1. The molecule has 0 atom stereocenters. The minimum Gasteiger partial charge on any atom is -0.333 e. The molecule has 0 saturated carbocycles. The molecule has 0 bridgehead atoms. The minimum atomic E-state index is 0.0495. The van der Waals surface area contributed by atoms with E-state index in [-0.39, 0.29) is 5.91 Å². The fraction of sp³-hybridized carbons (Fsp3) is 0.214. The first-order valence-electron chi connectivity index (χ1n) is 5.98. The maximum Gasteiger partial charge on any atom is 0.255 e. The van der Waals surface area contributed by atoms with E-state index in [1.807, 2.05) is 41.8 Å². The number of amides is 1. The van der Waals surface area contributed by atoms with Gasteiger partial charge < -0.3 is 10.6 Å². The normalized spacial score (nSPS) is 10.4. The number of carbonyl (C=O) groups excluding carboxylic acids is 1. The number of halogens is 1. The van der Waals surface area contributed by atoms with E-state index in [0.29, 0.717) is 19.6 Å². The summed E-state index contributed by atoms with van der Waals surface area (Å²) in [6.45, 7) is 1.64. The first-order chi connectivity index (χ1) is 9.20. The monoisotopic (exact) mass is 386 g/mol. The second-order valence-electron chi connectivity index (χ2n) is 4.14. The zero-order chi connectivity index (χ0) is 13.7. The van der Waals surface area contributed by atoms with Gasteiger partial charge in [0.2, 0.25) is 0 Å². The van der Waals surface area contributed by atoms with Crippen molar-refractivity contribution in [1.82, 2.24) is 4.90 Å². The van der Waals surface area contributed by atoms with E-state index in [0.717, 1.165) is 14.0 Å². The zero-order valence-electron chi connectivity index (χ0n) is 10.4. The summed E-state index contributed by atoms with van der Waals surface area (Å²) in [5, 5.41) is 1.90. The van der Waals surface area contributed by atoms with Crippen LogP contribution in [0.1, 0.15) is 15.9 Å². The number of hydrogen-bond donors (Lipinski definition) is 1. The second kappa shape index (κ2) is 7.02. The number of carbonyl (C=O) groups is 1. The average Bonchev–Trinajstić information content (AvgIpc) is 2.85. The summed E-state index contributed by atoms with van der Waals surface area (Å²) in [5.74, 6) is 0.0495. The number of thiophene rings is 1. The molecule has 0 fully saturated rings. The third-order valence-corrected chi connectivity index (χ3v) is 4.51. The van der Waals surface area contributed by atoms with Crippen LogP contribution in [0.25, 0.3) is 0 Å². The number of nitrogens with two attached hydrogens (primary N) is 1. The van der Waals surface area contributed by atoms with Gasteiger partial charge in [0, 0.05) is 25.0 Å². The SMILES string of the molecule is NCCN(Cc1ccccc1)C(=O)c1csc(I)c1. The largest absolute Gasteiger partial charge is 0.333 e. The highest BCUT2D eigenvalue weighted by atomic mass is 127. The van der Waals surface area contributed by atoms with Gasteiger partial charge >= 0.3 is 0 Å². The summed E-state index contributed by atoms with van der Waals surface area (Å²) in [6, 6.07) is 11.9. The van der Waals surface area contributed by atoms with Crippen molar-refractivity contribution < 1.29 is 4.79 Å². The average molecular weight is 386 g/mol. The molecule has 1 aromatic heterocycles. The molecule has 0 aliphatic heterocycles. The quantitative estimate of drug-likeness (QED) is 0.804. The first-order valence-corrected chi connectivity index (χ1v) is 7.94. The molecule has 1 heterocycles. The predicted octanol–water partition coefficient (Wildman–Crippen LogP) is 2.95. The van der Waals surface area contributed by atoms with Crippen LogP contribution in [0.15, 0.2) is 41.8 Å². The van der Waals surface area contributed by atoms with Crippen LogP contribution in [-0.2, 0) is 6.54 Å². The molecule has 0 radical (unpaired) electrons. The highest BCUT2D eigenvalue weighted by Crippen LogP contribution is 2.19. The zero-order valence-corrected chi connectivity index (χ0v) is 13.4. The molecule has 5 heteroatoms. The summed E-state index contributed by atoms with van der Waals surface area (Å²) in [6.07, 6.45) is 0. The molecule has 1 amide bonds. The van der Waals surface area contributed by atoms with E-state index >= 15 is 0 Å². The van der Waals surface area contributed by atoms with Crippen LogP contribution in [0.2, 0.25) is 0 Å². The van der Waals surface area contributed by atoms with Crippen LogP contribution in [0.5, 0.6) is 0 Å². The Bertz CT molecular complexity index is 541. The molecule has 2 N–H and O–H groups in total. The predicted molar refractivity (Wildman–Crippen MR) is 87.3 cm³/mol. The van der Waals surface area contributed by atoms with Crippen LogP contribution >= 0.6 is 33.9 Å². The molecule has 0 unspecified atom stereocenters. The Morgan fingerprint density at radius 1 is 1.32 bits per heavy atom. The van der Waals surface area contributed by atoms with Crippen LogP contribution in [-0.4, -0.2) is 23.9 Å². The summed E-state index contributed by atoms with van der Waals surface area (Å²) in [4.78, 5) is 14.2. The maximum absolute atomic E-state index is 12.4. The summed E-state index contributed by atoms with van der Waals surface area (Å²) in [5.41, 5.74) is 7.48. The third-order valence-electron chi connectivity index (χ3n) is 2.72. The highest BCUT2D eigenvalue weighted by Gasteiger charge is 2.16. The third kappa shape index (κ3) is 4.02. The Morgan fingerprint density at radius 3 is 2.63 bits per heavy atom. The van der Waals surface area contributed by atoms with Gasteiger partial charge in [0.25, 0.3) is 5.91 Å². The van der Waals surface area contributed by atoms with E-state index in [2.05, 4.69) is 22.6 Å². The molecule has 0 spiro atoms. The Morgan fingerprint density at radius 2 is 2.05 bits per heavy atom. The molecule has 0 aliphatic rings. The van der Waals surface area contributed by atoms with E-state index < -0.39 is 0 Å². The van der Waals surface area contributed by atoms with Crippen LogP contribution in [0, 0.1) is 2.88 Å². The Labute approximate surface area is 130 Å². The van der Waals surface area contributed by atoms with Crippen molar-refractivity contribution >= 4 is 39.8 Å². The lowest BCUT2D eigenvalue weighted by molar-refractivity contribution is 0.0749. The van der Waals surface area contributed by atoms with Crippen molar-refractivity contribution in [2.24, 2.45) is 5.73 Å². The highest BCUT2D eigenvalue weighted by molar-refractivity contribution is 14.1. The van der Waals surface area contributed by atoms with Gasteiger partial charge in [-0.15, -0.1) is 11.3 Å². The fourth-order valence-corrected chi connectivity index (χ4v) is 3.14. The molecule has 2 aromatic rings. The summed E-state index contributed by atoms with van der Waals surface area (Å²) < 4.78 is 1.12. The molecule has 1 aromatic carbocycles. The molecule has 0 saturated heterocycles. The van der Waals surface area contributed by atoms with E-state index in [4.69, 9.17) is 5.73 Å². The van der Waals surface area contributed by atoms with Crippen molar-refractivity contribution in [3.63, 3.8) is 0 Å². The Hall–Kier alpha value is -0.920. The van der Waals surface area contributed by atoms with E-state index in [1.54, 1.807) is 16.2 Å². The molecular formula is C14H15IN2OS. The van der Waals surface area contributed by atoms with Crippen LogP contribution in [0.4, 0.5) is 0 Å². The van der Waals surface area contributed by atoms with Crippen molar-refractivity contribution in [2.45, 2.75) is 6.54 Å². The van der Waals surface area contributed by atoms with Crippen molar-refractivity contribution in [1.29, 1.82) is 0 Å². The van der Waals surface area contributed by atoms with Crippen LogP contribution in [0.3, 0.4) is 0 Å². The van der Waals surface area contributed by atoms with Gasteiger partial charge in [-0.25, -0.2) is 0 Å². The standard InChI is InChI=1S/C14H15IN2OS/c15-13-8-12(10-19-13)14(18)17(7-6-16)9-11-4-2-1-3-5-11/h1-5,8,10H,6-7,9,16H2. The van der Waals surface area contributed by atoms with Crippen molar-refractivity contribution in [3.05, 3.63) is 55.8 Å². The van der Waals surface area contributed by atoms with Crippen molar-refractivity contribution in [2.75, 3.05) is 13.1 Å². The van der Waals surface area contributed by atoms with Gasteiger partial charge in [-0.1, -0.05) is 30.3 Å². The molecule has 0 aliphatic carbocycles. The number of hydrogen-bond acceptors (Lipinski definition) is 3. The lowest BCUT2D eigenvalue weighted by Crippen LogP contribution is -2.34. The first kappa shape index (κ1) is 14.5. The van der Waals surface area contributed by atoms with Gasteiger partial charge in [-0.3, -0.25) is 4.79 Å². The molecule has 19 heavy (non-hydrogen) atoms. The van der Waals surface area contributed by atoms with Crippen LogP contribution < -0.4 is 5.73 Å². The lowest BCUT2D eigenvalue weighted by atomic mass is 10.2. The molecule has 3 nitrogen and oxygen atoms in total. The summed E-state index contributed by atoms with van der Waals surface area (Å²) >= 11 is 3.81. The Balaban J connectivity index is 2.13. The minimum absolute atomic E-state index is 0.0495. The molecule has 100 valence electrons. The fourth-order valence-electron chi connectivity index (χ4n) is 1.82. The lowest BCUT2D eigenvalue weighted by Gasteiger charge is -2.21. The molecular weight excluding hydrogens is 371 g/mol. The summed E-state index contributed by atoms with van der Waals surface area (Å²) in [7, 11) is 0. The number of nitrogens with zero attached hydrogens (tertiary/aromatic N) is 1. The van der Waals surface area contributed by atoms with Gasteiger partial charge in [-0.05, 0) is 34.2 Å². The van der Waals surface area contributed by atoms with Gasteiger partial charge in [-0.2, -0.15) is 0 Å². The topological polar surface area (TPSA) is 46.3 Å². The van der Waals surface area contributed by atoms with E-state index in [9.17, 15) is 4.79 Å². The Kier molecular flexibility index (Phi) is 5.35. The smallest absolute Gasteiger partial charge is 0.255 e. The van der Waals surface area contributed by atoms with Gasteiger partial charge in [0.15, 0.2) is 0 Å². The number of rotatable bonds is 5. The van der Waals surface area contributed by atoms with E-state index in [1.165, 1.54) is 0 Å². The van der Waals surface area contributed by atoms with Gasteiger partial charge in [0.1, 0.15) is 0 Å². The molecule has 2 rings (SSSR count).